The molecule has 0 aromatic heterocycles. The molecule has 0 aromatic carbocycles. The molecular weight excluding hydrogens is 248 g/mol. The monoisotopic (exact) mass is 270 g/mol. The SMILES string of the molecule is C=C/C(=C\C=C/C)CC(N)C(=O)NCCCSO. The molecule has 0 heterocycles. The summed E-state index contributed by atoms with van der Waals surface area (Å²) in [5.74, 6) is 0.431. The van der Waals surface area contributed by atoms with E-state index in [2.05, 4.69) is 11.9 Å². The second-order valence-corrected chi connectivity index (χ2v) is 4.43. The second kappa shape index (κ2) is 11.1. The van der Waals surface area contributed by atoms with Crippen LogP contribution in [0.4, 0.5) is 0 Å². The van der Waals surface area contributed by atoms with Gasteiger partial charge in [0.1, 0.15) is 0 Å². The fourth-order valence-corrected chi connectivity index (χ4v) is 1.54. The van der Waals surface area contributed by atoms with Gasteiger partial charge in [0, 0.05) is 12.3 Å². The fourth-order valence-electron chi connectivity index (χ4n) is 1.27. The molecule has 0 rings (SSSR count). The molecule has 4 nitrogen and oxygen atoms in total. The Kier molecular flexibility index (Phi) is 10.4. The van der Waals surface area contributed by atoms with E-state index in [1.54, 1.807) is 6.08 Å². The van der Waals surface area contributed by atoms with Crippen molar-refractivity contribution >= 4 is 17.9 Å². The summed E-state index contributed by atoms with van der Waals surface area (Å²) in [6, 6.07) is -0.568. The molecule has 0 saturated heterocycles. The molecule has 0 spiro atoms. The van der Waals surface area contributed by atoms with E-state index in [-0.39, 0.29) is 5.91 Å². The molecule has 0 bridgehead atoms. The summed E-state index contributed by atoms with van der Waals surface area (Å²) in [6.07, 6.45) is 8.58. The number of carbonyl (C=O) groups excluding carboxylic acids is 1. The third kappa shape index (κ3) is 8.11. The Morgan fingerprint density at radius 1 is 1.61 bits per heavy atom. The molecule has 102 valence electrons. The molecule has 0 aliphatic heterocycles. The lowest BCUT2D eigenvalue weighted by molar-refractivity contribution is -0.122. The van der Waals surface area contributed by atoms with E-state index >= 15 is 0 Å². The second-order valence-electron chi connectivity index (χ2n) is 3.76. The van der Waals surface area contributed by atoms with Gasteiger partial charge in [-0.25, -0.2) is 0 Å². The van der Waals surface area contributed by atoms with Crippen molar-refractivity contribution in [1.29, 1.82) is 0 Å². The van der Waals surface area contributed by atoms with Gasteiger partial charge in [-0.2, -0.15) is 0 Å². The number of amides is 1. The predicted molar refractivity (Wildman–Crippen MR) is 78.4 cm³/mol. The summed E-state index contributed by atoms with van der Waals surface area (Å²) in [7, 11) is 0. The summed E-state index contributed by atoms with van der Waals surface area (Å²) in [5, 5.41) is 2.73. The van der Waals surface area contributed by atoms with Crippen molar-refractivity contribution < 1.29 is 9.35 Å². The van der Waals surface area contributed by atoms with Gasteiger partial charge < -0.3 is 15.6 Å². The normalized spacial score (nSPS) is 13.6. The molecule has 1 atom stereocenters. The van der Waals surface area contributed by atoms with Crippen molar-refractivity contribution in [3.63, 3.8) is 0 Å². The number of carbonyl (C=O) groups is 1. The summed E-state index contributed by atoms with van der Waals surface area (Å²) in [5.41, 5.74) is 6.73. The van der Waals surface area contributed by atoms with E-state index in [4.69, 9.17) is 10.3 Å². The first-order valence-electron chi connectivity index (χ1n) is 5.89. The van der Waals surface area contributed by atoms with Crippen LogP contribution in [0.5, 0.6) is 0 Å². The molecule has 0 fully saturated rings. The maximum atomic E-state index is 11.6. The minimum Gasteiger partial charge on any atom is -0.355 e. The highest BCUT2D eigenvalue weighted by Gasteiger charge is 2.13. The predicted octanol–water partition coefficient (Wildman–Crippen LogP) is 2.10. The molecule has 0 aliphatic carbocycles. The van der Waals surface area contributed by atoms with Gasteiger partial charge in [-0.1, -0.05) is 30.9 Å². The van der Waals surface area contributed by atoms with Crippen LogP contribution >= 0.6 is 12.0 Å². The van der Waals surface area contributed by atoms with Gasteiger partial charge in [-0.3, -0.25) is 4.79 Å². The van der Waals surface area contributed by atoms with Crippen LogP contribution in [0.1, 0.15) is 19.8 Å². The van der Waals surface area contributed by atoms with E-state index in [9.17, 15) is 4.79 Å². The highest BCUT2D eigenvalue weighted by molar-refractivity contribution is 7.93. The highest BCUT2D eigenvalue weighted by Crippen LogP contribution is 2.06. The summed E-state index contributed by atoms with van der Waals surface area (Å²) in [6.45, 7) is 6.14. The number of hydrogen-bond donors (Lipinski definition) is 3. The van der Waals surface area contributed by atoms with E-state index < -0.39 is 6.04 Å². The van der Waals surface area contributed by atoms with Gasteiger partial charge >= 0.3 is 0 Å². The first-order valence-corrected chi connectivity index (χ1v) is 6.83. The minimum atomic E-state index is -0.568. The Morgan fingerprint density at radius 2 is 2.33 bits per heavy atom. The van der Waals surface area contributed by atoms with Gasteiger partial charge in [-0.05, 0) is 37.4 Å². The van der Waals surface area contributed by atoms with E-state index in [1.807, 2.05) is 25.2 Å². The van der Waals surface area contributed by atoms with Gasteiger partial charge in [-0.15, -0.1) is 0 Å². The molecule has 1 amide bonds. The van der Waals surface area contributed by atoms with Crippen molar-refractivity contribution in [1.82, 2.24) is 5.32 Å². The van der Waals surface area contributed by atoms with Crippen LogP contribution in [0, 0.1) is 0 Å². The van der Waals surface area contributed by atoms with Crippen LogP contribution in [0.2, 0.25) is 0 Å². The van der Waals surface area contributed by atoms with Crippen molar-refractivity contribution in [3.05, 3.63) is 36.5 Å². The Hall–Kier alpha value is -1.04. The lowest BCUT2D eigenvalue weighted by atomic mass is 10.1. The molecule has 0 aromatic rings. The number of allylic oxidation sites excluding steroid dienone is 4. The Morgan fingerprint density at radius 3 is 2.89 bits per heavy atom. The van der Waals surface area contributed by atoms with Crippen LogP contribution in [0.15, 0.2) is 36.5 Å². The van der Waals surface area contributed by atoms with Crippen LogP contribution in [0.3, 0.4) is 0 Å². The van der Waals surface area contributed by atoms with Gasteiger partial charge in [0.15, 0.2) is 0 Å². The van der Waals surface area contributed by atoms with Crippen molar-refractivity contribution in [2.45, 2.75) is 25.8 Å². The minimum absolute atomic E-state index is 0.175. The molecule has 0 aliphatic rings. The number of nitrogens with two attached hydrogens (primary N) is 1. The topological polar surface area (TPSA) is 75.4 Å². The summed E-state index contributed by atoms with van der Waals surface area (Å²) < 4.78 is 8.53. The summed E-state index contributed by atoms with van der Waals surface area (Å²) in [4.78, 5) is 11.6. The quantitative estimate of drug-likeness (QED) is 0.341. The molecule has 0 radical (unpaired) electrons. The van der Waals surface area contributed by atoms with E-state index in [1.165, 1.54) is 0 Å². The van der Waals surface area contributed by atoms with Crippen LogP contribution in [0.25, 0.3) is 0 Å². The van der Waals surface area contributed by atoms with Gasteiger partial charge in [0.25, 0.3) is 0 Å². The average molecular weight is 270 g/mol. The van der Waals surface area contributed by atoms with Gasteiger partial charge in [0.05, 0.1) is 6.04 Å². The zero-order valence-corrected chi connectivity index (χ0v) is 11.6. The van der Waals surface area contributed by atoms with Crippen molar-refractivity contribution in [3.8, 4) is 0 Å². The lowest BCUT2D eigenvalue weighted by Gasteiger charge is -2.12. The van der Waals surface area contributed by atoms with Crippen molar-refractivity contribution in [2.75, 3.05) is 12.3 Å². The molecular formula is C13H22N2O2S. The number of rotatable bonds is 9. The smallest absolute Gasteiger partial charge is 0.237 e. The molecule has 4 N–H and O–H groups in total. The average Bonchev–Trinajstić information content (AvgIpc) is 2.38. The Labute approximate surface area is 113 Å². The highest BCUT2D eigenvalue weighted by atomic mass is 32.2. The third-order valence-corrected chi connectivity index (χ3v) is 2.74. The lowest BCUT2D eigenvalue weighted by Crippen LogP contribution is -2.41. The van der Waals surface area contributed by atoms with E-state index in [0.717, 1.165) is 24.0 Å². The van der Waals surface area contributed by atoms with Gasteiger partial charge in [0.2, 0.25) is 5.91 Å². The third-order valence-electron chi connectivity index (χ3n) is 2.27. The first kappa shape index (κ1) is 17.0. The molecule has 18 heavy (non-hydrogen) atoms. The van der Waals surface area contributed by atoms with Crippen molar-refractivity contribution in [2.24, 2.45) is 5.73 Å². The maximum Gasteiger partial charge on any atom is 0.237 e. The molecule has 1 unspecified atom stereocenters. The maximum absolute atomic E-state index is 11.6. The van der Waals surface area contributed by atoms with Crippen LogP contribution < -0.4 is 11.1 Å². The van der Waals surface area contributed by atoms with Crippen LogP contribution in [-0.2, 0) is 4.79 Å². The van der Waals surface area contributed by atoms with Crippen LogP contribution in [-0.4, -0.2) is 28.8 Å². The Bertz CT molecular complexity index is 314. The molecule has 0 saturated carbocycles. The zero-order valence-electron chi connectivity index (χ0n) is 10.8. The first-order chi connectivity index (χ1) is 8.65. The summed E-state index contributed by atoms with van der Waals surface area (Å²) >= 11 is 0.773. The molecule has 5 heteroatoms. The largest absolute Gasteiger partial charge is 0.355 e. The number of hydrogen-bond acceptors (Lipinski definition) is 4. The Balaban J connectivity index is 4.09. The fraction of sp³-hybridized carbons (Fsp3) is 0.462. The number of nitrogens with one attached hydrogen (secondary N) is 1. The zero-order chi connectivity index (χ0) is 13.8. The standard InChI is InChI=1S/C13H22N2O2S/c1-3-5-7-11(4-2)10-12(14)13(16)15-8-6-9-18-17/h3-5,7,12,17H,2,6,8-10,14H2,1H3,(H,15,16)/b5-3-,11-7+. The van der Waals surface area contributed by atoms with E-state index in [0.29, 0.717) is 18.7 Å².